The average molecular weight is 213 g/mol. The van der Waals surface area contributed by atoms with E-state index in [1.807, 2.05) is 34.5 Å². The van der Waals surface area contributed by atoms with Gasteiger partial charge in [0.25, 0.3) is 0 Å². The minimum Gasteiger partial charge on any atom is -0.303 e. The van der Waals surface area contributed by atoms with Crippen molar-refractivity contribution in [2.24, 2.45) is 0 Å². The van der Waals surface area contributed by atoms with Gasteiger partial charge in [0, 0.05) is 0 Å². The van der Waals surface area contributed by atoms with Crippen LogP contribution in [-0.2, 0) is 9.59 Å². The summed E-state index contributed by atoms with van der Waals surface area (Å²) in [5, 5.41) is 2.81. The molecule has 0 unspecified atom stereocenters. The van der Waals surface area contributed by atoms with E-state index in [4.69, 9.17) is 0 Å². The van der Waals surface area contributed by atoms with Gasteiger partial charge in [0.1, 0.15) is 11.6 Å². The number of Topliss-reactive ketones (excluding diaryl/α,β-unsaturated/α-hetero) is 2. The minimum absolute atomic E-state index is 0.213. The van der Waals surface area contributed by atoms with Crippen LogP contribution in [0.25, 0.3) is 0 Å². The number of hydrogen-bond acceptors (Lipinski definition) is 3. The molecule has 0 spiro atoms. The molecule has 1 heterocycles. The Labute approximate surface area is 94.1 Å². The monoisotopic (exact) mass is 213 g/mol. The smallest absolute Gasteiger partial charge is 0.153 e. The highest BCUT2D eigenvalue weighted by molar-refractivity contribution is 6.64. The summed E-state index contributed by atoms with van der Waals surface area (Å²) in [4.78, 5) is 22.0. The highest BCUT2D eigenvalue weighted by Gasteiger charge is 2.18. The minimum atomic E-state index is 0.213. The number of ketones is 2. The van der Waals surface area contributed by atoms with Crippen LogP contribution in [0.3, 0.4) is 0 Å². The molecule has 0 aromatic heterocycles. The first-order valence-electron chi connectivity index (χ1n) is 5.92. The van der Waals surface area contributed by atoms with Crippen molar-refractivity contribution >= 4 is 18.3 Å². The summed E-state index contributed by atoms with van der Waals surface area (Å²) in [6.07, 6.45) is 1.08. The van der Waals surface area contributed by atoms with Crippen LogP contribution in [0.2, 0.25) is 19.5 Å². The first-order valence-corrected chi connectivity index (χ1v) is 5.92. The summed E-state index contributed by atoms with van der Waals surface area (Å²) in [5.74, 6) is 0.426. The van der Waals surface area contributed by atoms with Crippen molar-refractivity contribution in [1.29, 1.82) is 0 Å². The maximum atomic E-state index is 11.0. The van der Waals surface area contributed by atoms with Gasteiger partial charge in [-0.3, -0.25) is 9.59 Å². The molecule has 1 N–H and O–H groups in total. The van der Waals surface area contributed by atoms with Gasteiger partial charge in [-0.15, -0.1) is 0 Å². The van der Waals surface area contributed by atoms with E-state index < -0.39 is 0 Å². The van der Waals surface area contributed by atoms with E-state index in [1.54, 1.807) is 0 Å². The lowest BCUT2D eigenvalue weighted by Gasteiger charge is -2.11. The highest BCUT2D eigenvalue weighted by atomic mass is 16.1. The third kappa shape index (κ3) is 9.66. The first-order chi connectivity index (χ1) is 7.18. The van der Waals surface area contributed by atoms with Crippen molar-refractivity contribution in [2.45, 2.75) is 47.2 Å². The van der Waals surface area contributed by atoms with Gasteiger partial charge in [-0.25, -0.2) is 0 Å². The van der Waals surface area contributed by atoms with E-state index >= 15 is 0 Å². The summed E-state index contributed by atoms with van der Waals surface area (Å²) in [6.45, 7) is 10.9. The van der Waals surface area contributed by atoms with E-state index in [-0.39, 0.29) is 18.3 Å². The molecule has 0 atom stereocenters. The fraction of sp³-hybridized carbons (Fsp3) is 0.818. The lowest BCUT2D eigenvalue weighted by molar-refractivity contribution is -0.117. The van der Waals surface area contributed by atoms with Crippen LogP contribution in [0.5, 0.6) is 0 Å². The largest absolute Gasteiger partial charge is 0.303 e. The maximum absolute atomic E-state index is 11.0. The molecule has 0 bridgehead atoms. The SMILES string of the molecule is CB1CC(=O)CNCC(=O)C1.CC.CC. The fourth-order valence-corrected chi connectivity index (χ4v) is 1.34. The molecule has 1 aliphatic heterocycles. The second kappa shape index (κ2) is 11.4. The molecule has 1 rings (SSSR count). The van der Waals surface area contributed by atoms with E-state index in [2.05, 4.69) is 5.32 Å². The summed E-state index contributed by atoms with van der Waals surface area (Å²) in [7, 11) is 0. The molecule has 88 valence electrons. The maximum Gasteiger partial charge on any atom is 0.153 e. The van der Waals surface area contributed by atoms with Crippen LogP contribution in [0.15, 0.2) is 0 Å². The van der Waals surface area contributed by atoms with Crippen molar-refractivity contribution in [3.05, 3.63) is 0 Å². The second-order valence-electron chi connectivity index (χ2n) is 3.19. The number of carbonyl (C=O) groups excluding carboxylic acids is 2. The Kier molecular flexibility index (Phi) is 12.8. The van der Waals surface area contributed by atoms with Crippen LogP contribution >= 0.6 is 0 Å². The lowest BCUT2D eigenvalue weighted by Crippen LogP contribution is -2.35. The molecule has 0 saturated carbocycles. The number of rotatable bonds is 0. The van der Waals surface area contributed by atoms with Crippen molar-refractivity contribution in [1.82, 2.24) is 5.32 Å². The Morgan fingerprint density at radius 1 is 0.933 bits per heavy atom. The molecule has 1 aliphatic rings. The van der Waals surface area contributed by atoms with Crippen LogP contribution in [0.4, 0.5) is 0 Å². The zero-order valence-electron chi connectivity index (χ0n) is 10.7. The Bertz CT molecular complexity index is 165. The van der Waals surface area contributed by atoms with Crippen molar-refractivity contribution in [3.63, 3.8) is 0 Å². The van der Waals surface area contributed by atoms with Crippen LogP contribution in [-0.4, -0.2) is 31.4 Å². The van der Waals surface area contributed by atoms with E-state index in [9.17, 15) is 9.59 Å². The summed E-state index contributed by atoms with van der Waals surface area (Å²) in [6, 6.07) is 0. The second-order valence-corrected chi connectivity index (χ2v) is 3.19. The molecule has 15 heavy (non-hydrogen) atoms. The van der Waals surface area contributed by atoms with Crippen LogP contribution in [0.1, 0.15) is 27.7 Å². The molecule has 3 nitrogen and oxygen atoms in total. The van der Waals surface area contributed by atoms with Gasteiger partial charge in [-0.05, 0) is 12.6 Å². The van der Waals surface area contributed by atoms with Gasteiger partial charge in [0.15, 0.2) is 6.71 Å². The summed E-state index contributed by atoms with van der Waals surface area (Å²) < 4.78 is 0. The molecule has 0 radical (unpaired) electrons. The molecular formula is C11H24BNO2. The zero-order valence-corrected chi connectivity index (χ0v) is 10.7. The van der Waals surface area contributed by atoms with Crippen molar-refractivity contribution < 1.29 is 9.59 Å². The van der Waals surface area contributed by atoms with Crippen molar-refractivity contribution in [2.75, 3.05) is 13.1 Å². The number of carbonyl (C=O) groups is 2. The molecule has 0 aromatic rings. The van der Waals surface area contributed by atoms with Crippen LogP contribution < -0.4 is 5.32 Å². The molecule has 1 fully saturated rings. The van der Waals surface area contributed by atoms with E-state index in [0.29, 0.717) is 25.7 Å². The Hall–Kier alpha value is -0.635. The van der Waals surface area contributed by atoms with Crippen molar-refractivity contribution in [3.8, 4) is 0 Å². The Balaban J connectivity index is 0. The topological polar surface area (TPSA) is 46.2 Å². The lowest BCUT2D eigenvalue weighted by atomic mass is 9.45. The number of hydrogen-bond donors (Lipinski definition) is 1. The van der Waals surface area contributed by atoms with Gasteiger partial charge >= 0.3 is 0 Å². The Morgan fingerprint density at radius 3 is 1.60 bits per heavy atom. The van der Waals surface area contributed by atoms with Gasteiger partial charge in [-0.2, -0.15) is 0 Å². The average Bonchev–Trinajstić information content (AvgIpc) is 2.21. The number of nitrogens with one attached hydrogen (secondary N) is 1. The quantitative estimate of drug-likeness (QED) is 0.625. The standard InChI is InChI=1S/C7H12BNO2.2C2H6/c1-8-2-6(10)4-9-5-7(11)3-8;2*1-2/h9H,2-5H2,1H3;2*1-2H3. The third-order valence-corrected chi connectivity index (χ3v) is 1.80. The zero-order chi connectivity index (χ0) is 12.3. The van der Waals surface area contributed by atoms with E-state index in [1.165, 1.54) is 0 Å². The summed E-state index contributed by atoms with van der Waals surface area (Å²) >= 11 is 0. The molecule has 1 saturated heterocycles. The predicted octanol–water partition coefficient (Wildman–Crippen LogP) is 1.90. The van der Waals surface area contributed by atoms with Gasteiger partial charge < -0.3 is 5.32 Å². The van der Waals surface area contributed by atoms with Gasteiger partial charge in [0.05, 0.1) is 13.1 Å². The first kappa shape index (κ1) is 16.8. The molecule has 4 heteroatoms. The normalized spacial score (nSPS) is 16.5. The molecular weight excluding hydrogens is 189 g/mol. The summed E-state index contributed by atoms with van der Waals surface area (Å²) in [5.41, 5.74) is 0. The Morgan fingerprint density at radius 2 is 1.27 bits per heavy atom. The van der Waals surface area contributed by atoms with Gasteiger partial charge in [0.2, 0.25) is 0 Å². The fourth-order valence-electron chi connectivity index (χ4n) is 1.34. The highest BCUT2D eigenvalue weighted by Crippen LogP contribution is 2.02. The molecule has 0 aromatic carbocycles. The molecule has 0 aliphatic carbocycles. The van der Waals surface area contributed by atoms with Crippen LogP contribution in [0, 0.1) is 0 Å². The van der Waals surface area contributed by atoms with E-state index in [0.717, 1.165) is 0 Å². The van der Waals surface area contributed by atoms with Gasteiger partial charge in [-0.1, -0.05) is 34.5 Å². The predicted molar refractivity (Wildman–Crippen MR) is 66.8 cm³/mol. The molecule has 0 amide bonds. The third-order valence-electron chi connectivity index (χ3n) is 1.80.